The van der Waals surface area contributed by atoms with Crippen LogP contribution in [0.2, 0.25) is 0 Å². The molecule has 1 aliphatic rings. The highest BCUT2D eigenvalue weighted by atomic mass is 32.2. The fourth-order valence-electron chi connectivity index (χ4n) is 4.56. The number of para-hydroxylation sites is 1. The Morgan fingerprint density at radius 3 is 2.35 bits per heavy atom. The maximum absolute atomic E-state index is 12.4. The molecule has 1 atom stereocenters. The van der Waals surface area contributed by atoms with Crippen molar-refractivity contribution in [2.24, 2.45) is 9.57 Å². The molecule has 0 radical (unpaired) electrons. The Bertz CT molecular complexity index is 1490. The number of anilines is 1. The summed E-state index contributed by atoms with van der Waals surface area (Å²) in [6.45, 7) is 5.29. The summed E-state index contributed by atoms with van der Waals surface area (Å²) in [6, 6.07) is 19.5. The number of aryl methyl sites for hydroxylation is 2. The first-order valence-corrected chi connectivity index (χ1v) is 14.2. The summed E-state index contributed by atoms with van der Waals surface area (Å²) in [5.41, 5.74) is 6.07. The fourth-order valence-corrected chi connectivity index (χ4v) is 6.41. The van der Waals surface area contributed by atoms with E-state index in [0.29, 0.717) is 11.5 Å². The summed E-state index contributed by atoms with van der Waals surface area (Å²) in [6.07, 6.45) is 2.04. The van der Waals surface area contributed by atoms with Crippen LogP contribution in [0.4, 0.5) is 18.9 Å². The zero-order chi connectivity index (χ0) is 28.1. The van der Waals surface area contributed by atoms with Crippen LogP contribution in [-0.2, 0) is 10.9 Å². The molecule has 1 aromatic heterocycles. The van der Waals surface area contributed by atoms with Crippen LogP contribution in [0.3, 0.4) is 0 Å². The van der Waals surface area contributed by atoms with Gasteiger partial charge in [0.15, 0.2) is 5.82 Å². The molecule has 0 N–H and O–H groups in total. The van der Waals surface area contributed by atoms with Crippen molar-refractivity contribution in [3.8, 4) is 22.8 Å². The lowest BCUT2D eigenvalue weighted by Crippen LogP contribution is -2.28. The average molecular weight is 567 g/mol. The van der Waals surface area contributed by atoms with Gasteiger partial charge in [-0.15, -0.1) is 22.7 Å². The summed E-state index contributed by atoms with van der Waals surface area (Å²) in [4.78, 5) is 4.34. The van der Waals surface area contributed by atoms with E-state index in [0.717, 1.165) is 36.3 Å². The van der Waals surface area contributed by atoms with E-state index in [1.165, 1.54) is 58.5 Å². The predicted molar refractivity (Wildman–Crippen MR) is 153 cm³/mol. The summed E-state index contributed by atoms with van der Waals surface area (Å²) in [7, 11) is -0.327. The Morgan fingerprint density at radius 1 is 0.925 bits per heavy atom. The van der Waals surface area contributed by atoms with Crippen LogP contribution >= 0.6 is 0 Å². The van der Waals surface area contributed by atoms with Gasteiger partial charge in [-0.25, -0.2) is 9.67 Å². The Kier molecular flexibility index (Phi) is 8.29. The summed E-state index contributed by atoms with van der Waals surface area (Å²) < 4.78 is 49.8. The van der Waals surface area contributed by atoms with Crippen molar-refractivity contribution in [3.63, 3.8) is 0 Å². The quantitative estimate of drug-likeness (QED) is 0.183. The van der Waals surface area contributed by atoms with Gasteiger partial charge < -0.3 is 9.04 Å². The summed E-state index contributed by atoms with van der Waals surface area (Å²) in [5, 5.41) is 8.93. The van der Waals surface area contributed by atoms with E-state index in [-0.39, 0.29) is 16.6 Å². The molecule has 0 bridgehead atoms. The van der Waals surface area contributed by atoms with Gasteiger partial charge in [0, 0.05) is 28.7 Å². The van der Waals surface area contributed by atoms with Gasteiger partial charge in [-0.1, -0.05) is 48.9 Å². The van der Waals surface area contributed by atoms with E-state index in [2.05, 4.69) is 56.3 Å². The largest absolute Gasteiger partial charge is 0.573 e. The summed E-state index contributed by atoms with van der Waals surface area (Å²) >= 11 is 0. The minimum atomic E-state index is -4.73. The van der Waals surface area contributed by atoms with Crippen molar-refractivity contribution < 1.29 is 17.9 Å². The van der Waals surface area contributed by atoms with Crippen LogP contribution in [0.5, 0.6) is 5.75 Å². The molecule has 40 heavy (non-hydrogen) atoms. The van der Waals surface area contributed by atoms with Gasteiger partial charge in [-0.05, 0) is 67.6 Å². The first kappa shape index (κ1) is 27.6. The van der Waals surface area contributed by atoms with E-state index in [4.69, 9.17) is 4.47 Å². The van der Waals surface area contributed by atoms with Crippen LogP contribution in [0, 0.1) is 13.8 Å². The Hall–Kier alpha value is -3.99. The van der Waals surface area contributed by atoms with Gasteiger partial charge in [0.1, 0.15) is 12.1 Å². The number of halogens is 3. The highest BCUT2D eigenvalue weighted by Gasteiger charge is 2.31. The number of alkyl halides is 3. The fraction of sp³-hybridized carbons (Fsp3) is 0.276. The number of hydrogen-bond donors (Lipinski definition) is 0. The topological polar surface area (TPSA) is 67.9 Å². The highest BCUT2D eigenvalue weighted by Crippen LogP contribution is 2.29. The SMILES string of the molecule is Cc1cccc(C)c1N1CCCCC/S1=N/N=C\c1ccc(-c2ncn(-c3ccc(OC(F)(F)F)cc3)n2)cc1. The molecular formula is C29H29F3N6OS. The van der Waals surface area contributed by atoms with Crippen LogP contribution in [0.15, 0.2) is 82.6 Å². The third-order valence-electron chi connectivity index (χ3n) is 6.48. The van der Waals surface area contributed by atoms with Crippen molar-refractivity contribution in [2.75, 3.05) is 16.6 Å². The second-order valence-corrected chi connectivity index (χ2v) is 11.1. The lowest BCUT2D eigenvalue weighted by atomic mass is 10.1. The molecule has 3 aromatic carbocycles. The van der Waals surface area contributed by atoms with Crippen molar-refractivity contribution in [3.05, 3.63) is 89.7 Å². The molecule has 5 rings (SSSR count). The van der Waals surface area contributed by atoms with Gasteiger partial charge in [0.25, 0.3) is 0 Å². The zero-order valence-electron chi connectivity index (χ0n) is 22.2. The molecule has 0 amide bonds. The monoisotopic (exact) mass is 566 g/mol. The van der Waals surface area contributed by atoms with Crippen LogP contribution in [0.25, 0.3) is 17.1 Å². The molecule has 1 unspecified atom stereocenters. The highest BCUT2D eigenvalue weighted by molar-refractivity contribution is 7.88. The molecular weight excluding hydrogens is 537 g/mol. The first-order chi connectivity index (χ1) is 19.3. The molecule has 4 aromatic rings. The van der Waals surface area contributed by atoms with Crippen molar-refractivity contribution >= 4 is 22.8 Å². The smallest absolute Gasteiger partial charge is 0.406 e. The predicted octanol–water partition coefficient (Wildman–Crippen LogP) is 7.19. The van der Waals surface area contributed by atoms with Crippen molar-refractivity contribution in [2.45, 2.75) is 39.5 Å². The third kappa shape index (κ3) is 6.77. The number of ether oxygens (including phenoxy) is 1. The Morgan fingerprint density at radius 2 is 1.65 bits per heavy atom. The average Bonchev–Trinajstić information content (AvgIpc) is 3.30. The first-order valence-electron chi connectivity index (χ1n) is 12.9. The molecule has 1 fully saturated rings. The molecule has 7 nitrogen and oxygen atoms in total. The number of benzene rings is 3. The molecule has 1 aliphatic heterocycles. The molecule has 1 saturated heterocycles. The molecule has 0 spiro atoms. The second kappa shape index (κ2) is 12.0. The van der Waals surface area contributed by atoms with Gasteiger partial charge in [-0.2, -0.15) is 5.10 Å². The molecule has 11 heteroatoms. The zero-order valence-corrected chi connectivity index (χ0v) is 23.0. The van der Waals surface area contributed by atoms with Crippen LogP contribution < -0.4 is 9.04 Å². The van der Waals surface area contributed by atoms with Crippen molar-refractivity contribution in [1.82, 2.24) is 14.8 Å². The van der Waals surface area contributed by atoms with E-state index >= 15 is 0 Å². The Balaban J connectivity index is 1.28. The van der Waals surface area contributed by atoms with Gasteiger partial charge in [0.05, 0.1) is 17.6 Å². The lowest BCUT2D eigenvalue weighted by Gasteiger charge is -2.27. The second-order valence-electron chi connectivity index (χ2n) is 9.45. The number of aromatic nitrogens is 3. The van der Waals surface area contributed by atoms with E-state index < -0.39 is 6.36 Å². The number of rotatable bonds is 6. The molecule has 2 heterocycles. The third-order valence-corrected chi connectivity index (χ3v) is 8.29. The normalized spacial score (nSPS) is 16.4. The lowest BCUT2D eigenvalue weighted by molar-refractivity contribution is -0.274. The van der Waals surface area contributed by atoms with Gasteiger partial charge >= 0.3 is 6.36 Å². The molecule has 0 aliphatic carbocycles. The molecule has 0 saturated carbocycles. The maximum Gasteiger partial charge on any atom is 0.573 e. The number of hydrogen-bond acceptors (Lipinski definition) is 4. The standard InChI is InChI=1S/C29H29F3N6OS/c1-21-7-6-8-22(2)27(21)38-17-4-3-5-18-40(38)36-34-19-23-9-11-24(12-10-23)28-33-20-37(35-28)25-13-15-26(16-14-25)39-29(30,31)32/h6-16,19-20H,3-5,17-18H2,1-2H3/b34-19-. The summed E-state index contributed by atoms with van der Waals surface area (Å²) in [5.74, 6) is 1.20. The van der Waals surface area contributed by atoms with Crippen LogP contribution in [0.1, 0.15) is 36.0 Å². The maximum atomic E-state index is 12.4. The number of nitrogens with zero attached hydrogens (tertiary/aromatic N) is 6. The van der Waals surface area contributed by atoms with E-state index in [1.54, 1.807) is 6.21 Å². The van der Waals surface area contributed by atoms with Crippen molar-refractivity contribution in [1.29, 1.82) is 0 Å². The van der Waals surface area contributed by atoms with E-state index in [1.807, 2.05) is 24.3 Å². The Labute approximate surface area is 233 Å². The minimum Gasteiger partial charge on any atom is -0.406 e. The minimum absolute atomic E-state index is 0.293. The van der Waals surface area contributed by atoms with E-state index in [9.17, 15) is 13.2 Å². The van der Waals surface area contributed by atoms with Gasteiger partial charge in [0.2, 0.25) is 0 Å². The molecule has 208 valence electrons. The van der Waals surface area contributed by atoms with Crippen LogP contribution in [-0.4, -0.2) is 39.6 Å². The van der Waals surface area contributed by atoms with Gasteiger partial charge in [-0.3, -0.25) is 0 Å².